The molecule has 4 rings (SSSR count). The van der Waals surface area contributed by atoms with Crippen LogP contribution in [0.4, 0.5) is 5.82 Å². The molecule has 1 aliphatic rings. The fraction of sp³-hybridized carbons (Fsp3) is 0.450. The first kappa shape index (κ1) is 23.5. The van der Waals surface area contributed by atoms with E-state index in [0.29, 0.717) is 0 Å². The Hall–Kier alpha value is -2.47. The largest absolute Gasteiger partial charge is 0.353 e. The summed E-state index contributed by atoms with van der Waals surface area (Å²) in [5.41, 5.74) is 3.19. The highest BCUT2D eigenvalue weighted by Gasteiger charge is 2.18. The minimum atomic E-state index is 0. The summed E-state index contributed by atoms with van der Waals surface area (Å²) < 4.78 is 0. The fourth-order valence-corrected chi connectivity index (χ4v) is 2.90. The summed E-state index contributed by atoms with van der Waals surface area (Å²) in [4.78, 5) is 13.6. The van der Waals surface area contributed by atoms with Crippen molar-refractivity contribution in [1.29, 1.82) is 0 Å². The monoisotopic (exact) mass is 358 g/mol. The van der Waals surface area contributed by atoms with Gasteiger partial charge in [0.2, 0.25) is 0 Å². The summed E-state index contributed by atoms with van der Waals surface area (Å²) in [7, 11) is 2.16. The summed E-state index contributed by atoms with van der Waals surface area (Å²) >= 11 is 0. The Morgan fingerprint density at radius 3 is 2.31 bits per heavy atom. The van der Waals surface area contributed by atoms with Crippen molar-refractivity contribution in [2.24, 2.45) is 0 Å². The van der Waals surface area contributed by atoms with Crippen molar-refractivity contribution in [3.8, 4) is 11.1 Å². The molecule has 6 nitrogen and oxygen atoms in total. The van der Waals surface area contributed by atoms with Crippen molar-refractivity contribution in [3.05, 3.63) is 36.9 Å². The van der Waals surface area contributed by atoms with Gasteiger partial charge < -0.3 is 9.80 Å². The predicted octanol–water partition coefficient (Wildman–Crippen LogP) is 4.32. The molecule has 26 heavy (non-hydrogen) atoms. The van der Waals surface area contributed by atoms with Crippen LogP contribution >= 0.6 is 0 Å². The third kappa shape index (κ3) is 4.38. The highest BCUT2D eigenvalue weighted by atomic mass is 15.3. The molecule has 0 aliphatic carbocycles. The zero-order valence-corrected chi connectivity index (χ0v) is 12.5. The number of hydrogen-bond donors (Lipinski definition) is 1. The molecule has 1 N–H and O–H groups in total. The normalized spacial score (nSPS) is 13.8. The standard InChI is InChI=1S/C16H18N6.4CH4/c1-21-4-6-22(7-5-21)16-14-8-12(13-9-19-20-10-13)2-3-15(14)17-11-18-16;;;;/h2-3,8-11H,4-7H2,1H3,(H,19,20);4*1H4. The van der Waals surface area contributed by atoms with E-state index >= 15 is 0 Å². The third-order valence-corrected chi connectivity index (χ3v) is 4.25. The summed E-state index contributed by atoms with van der Waals surface area (Å²) in [5, 5.41) is 7.99. The van der Waals surface area contributed by atoms with Crippen LogP contribution < -0.4 is 4.90 Å². The molecule has 1 saturated heterocycles. The van der Waals surface area contributed by atoms with E-state index in [1.54, 1.807) is 6.33 Å². The number of hydrogen-bond acceptors (Lipinski definition) is 5. The highest BCUT2D eigenvalue weighted by Crippen LogP contribution is 2.28. The molecule has 144 valence electrons. The molecule has 0 amide bonds. The molecule has 2 aromatic heterocycles. The second-order valence-electron chi connectivity index (χ2n) is 5.71. The predicted molar refractivity (Wildman–Crippen MR) is 114 cm³/mol. The number of rotatable bonds is 2. The van der Waals surface area contributed by atoms with Gasteiger partial charge in [0.25, 0.3) is 0 Å². The molecule has 0 atom stereocenters. The number of nitrogens with one attached hydrogen (secondary N) is 1. The first-order valence-electron chi connectivity index (χ1n) is 7.49. The maximum atomic E-state index is 4.55. The van der Waals surface area contributed by atoms with E-state index < -0.39 is 0 Å². The number of aromatic nitrogens is 4. The van der Waals surface area contributed by atoms with Crippen molar-refractivity contribution >= 4 is 16.7 Å². The van der Waals surface area contributed by atoms with E-state index in [1.807, 2.05) is 12.4 Å². The van der Waals surface area contributed by atoms with Gasteiger partial charge in [0, 0.05) is 43.3 Å². The number of likely N-dealkylation sites (N-methyl/N-ethyl adjacent to an activating group) is 1. The van der Waals surface area contributed by atoms with E-state index in [0.717, 1.165) is 54.0 Å². The molecule has 3 heterocycles. The van der Waals surface area contributed by atoms with Crippen molar-refractivity contribution in [1.82, 2.24) is 25.1 Å². The zero-order valence-electron chi connectivity index (χ0n) is 12.5. The van der Waals surface area contributed by atoms with Gasteiger partial charge in [-0.05, 0) is 24.7 Å². The van der Waals surface area contributed by atoms with E-state index in [9.17, 15) is 0 Å². The van der Waals surface area contributed by atoms with Crippen LogP contribution in [0.3, 0.4) is 0 Å². The lowest BCUT2D eigenvalue weighted by Gasteiger charge is -2.33. The second-order valence-corrected chi connectivity index (χ2v) is 5.71. The van der Waals surface area contributed by atoms with Crippen molar-refractivity contribution < 1.29 is 0 Å². The molecular weight excluding hydrogens is 324 g/mol. The zero-order chi connectivity index (χ0) is 14.9. The molecule has 1 aromatic carbocycles. The van der Waals surface area contributed by atoms with E-state index in [4.69, 9.17) is 0 Å². The molecule has 0 unspecified atom stereocenters. The van der Waals surface area contributed by atoms with Crippen LogP contribution in [-0.4, -0.2) is 58.3 Å². The Morgan fingerprint density at radius 2 is 1.65 bits per heavy atom. The maximum absolute atomic E-state index is 4.55. The average molecular weight is 359 g/mol. The Bertz CT molecular complexity index is 776. The van der Waals surface area contributed by atoms with Gasteiger partial charge in [-0.1, -0.05) is 35.8 Å². The topological polar surface area (TPSA) is 60.9 Å². The van der Waals surface area contributed by atoms with Crippen LogP contribution in [0.15, 0.2) is 36.9 Å². The lowest BCUT2D eigenvalue weighted by atomic mass is 10.1. The van der Waals surface area contributed by atoms with Gasteiger partial charge in [-0.2, -0.15) is 5.10 Å². The number of anilines is 1. The molecule has 0 radical (unpaired) electrons. The number of nitrogens with zero attached hydrogens (tertiary/aromatic N) is 5. The van der Waals surface area contributed by atoms with Gasteiger partial charge in [0.15, 0.2) is 0 Å². The fourth-order valence-electron chi connectivity index (χ4n) is 2.90. The average Bonchev–Trinajstić information content (AvgIpc) is 3.09. The Balaban J connectivity index is 0.00000156. The number of H-pyrrole nitrogens is 1. The number of piperazine rings is 1. The molecule has 0 saturated carbocycles. The van der Waals surface area contributed by atoms with Crippen LogP contribution in [-0.2, 0) is 0 Å². The lowest BCUT2D eigenvalue weighted by molar-refractivity contribution is 0.312. The molecule has 6 heteroatoms. The number of benzene rings is 1. The molecule has 0 bridgehead atoms. The second kappa shape index (κ2) is 9.87. The van der Waals surface area contributed by atoms with E-state index in [2.05, 4.69) is 55.2 Å². The van der Waals surface area contributed by atoms with Crippen LogP contribution in [0.5, 0.6) is 0 Å². The quantitative estimate of drug-likeness (QED) is 0.739. The minimum absolute atomic E-state index is 0. The van der Waals surface area contributed by atoms with Gasteiger partial charge in [-0.3, -0.25) is 5.10 Å². The van der Waals surface area contributed by atoms with Gasteiger partial charge in [0.05, 0.1) is 11.7 Å². The first-order valence-corrected chi connectivity index (χ1v) is 7.49. The summed E-state index contributed by atoms with van der Waals surface area (Å²) in [6.45, 7) is 4.12. The minimum Gasteiger partial charge on any atom is -0.353 e. The van der Waals surface area contributed by atoms with Crippen molar-refractivity contribution in [2.45, 2.75) is 29.7 Å². The van der Waals surface area contributed by atoms with E-state index in [1.165, 1.54) is 0 Å². The Labute approximate surface area is 158 Å². The third-order valence-electron chi connectivity index (χ3n) is 4.25. The van der Waals surface area contributed by atoms with Gasteiger partial charge in [-0.25, -0.2) is 9.97 Å². The van der Waals surface area contributed by atoms with Gasteiger partial charge in [0.1, 0.15) is 12.1 Å². The smallest absolute Gasteiger partial charge is 0.139 e. The first-order chi connectivity index (χ1) is 10.8. The molecule has 1 aliphatic heterocycles. The molecule has 0 spiro atoms. The van der Waals surface area contributed by atoms with Gasteiger partial charge in [-0.15, -0.1) is 0 Å². The van der Waals surface area contributed by atoms with Gasteiger partial charge >= 0.3 is 0 Å². The SMILES string of the molecule is C.C.C.C.CN1CCN(c2ncnc3ccc(-c4cn[nH]c4)cc23)CC1. The maximum Gasteiger partial charge on any atom is 0.139 e. The number of aromatic amines is 1. The molecule has 1 fully saturated rings. The molecule has 3 aromatic rings. The Kier molecular flexibility index (Phi) is 8.93. The lowest BCUT2D eigenvalue weighted by Crippen LogP contribution is -2.44. The van der Waals surface area contributed by atoms with Crippen LogP contribution in [0.1, 0.15) is 29.7 Å². The van der Waals surface area contributed by atoms with Crippen molar-refractivity contribution in [3.63, 3.8) is 0 Å². The number of fused-ring (bicyclic) bond motifs is 1. The summed E-state index contributed by atoms with van der Waals surface area (Å²) in [5.74, 6) is 1.03. The highest BCUT2D eigenvalue weighted by molar-refractivity contribution is 5.92. The molecular formula is C20H34N6. The van der Waals surface area contributed by atoms with Crippen LogP contribution in [0.25, 0.3) is 22.0 Å². The summed E-state index contributed by atoms with van der Waals surface area (Å²) in [6.07, 6.45) is 5.40. The Morgan fingerprint density at radius 1 is 0.923 bits per heavy atom. The van der Waals surface area contributed by atoms with E-state index in [-0.39, 0.29) is 29.7 Å². The summed E-state index contributed by atoms with van der Waals surface area (Å²) in [6, 6.07) is 6.29. The van der Waals surface area contributed by atoms with Crippen molar-refractivity contribution in [2.75, 3.05) is 38.1 Å². The van der Waals surface area contributed by atoms with Crippen LogP contribution in [0, 0.1) is 0 Å². The van der Waals surface area contributed by atoms with Crippen LogP contribution in [0.2, 0.25) is 0 Å².